The highest BCUT2D eigenvalue weighted by Gasteiger charge is 2.34. The summed E-state index contributed by atoms with van der Waals surface area (Å²) < 4.78 is 50.6. The minimum absolute atomic E-state index is 0.108. The molecular weight excluding hydrogens is 662 g/mol. The Morgan fingerprint density at radius 2 is 1.80 bits per heavy atom. The molecule has 266 valence electrons. The highest BCUT2D eigenvalue weighted by atomic mass is 32.3. The number of hydrogen-bond donors (Lipinski definition) is 3. The van der Waals surface area contributed by atoms with Gasteiger partial charge in [0.2, 0.25) is 5.88 Å². The number of anilines is 3. The molecule has 2 aliphatic heterocycles. The number of ether oxygens (including phenoxy) is 2. The molecule has 2 aromatic heterocycles. The van der Waals surface area contributed by atoms with Gasteiger partial charge in [-0.3, -0.25) is 28.2 Å². The minimum Gasteiger partial charge on any atom is -0.439 e. The van der Waals surface area contributed by atoms with Crippen LogP contribution >= 0.6 is 11.0 Å². The van der Waals surface area contributed by atoms with Crippen LogP contribution < -0.4 is 19.3 Å². The number of aryl methyl sites for hydroxylation is 1. The Hall–Kier alpha value is -4.31. The Morgan fingerprint density at radius 3 is 2.48 bits per heavy atom. The van der Waals surface area contributed by atoms with Crippen LogP contribution in [0.4, 0.5) is 26.2 Å². The lowest BCUT2D eigenvalue weighted by atomic mass is 10.0. The van der Waals surface area contributed by atoms with Crippen molar-refractivity contribution in [2.24, 2.45) is 0 Å². The Labute approximate surface area is 294 Å². The molecule has 0 aliphatic carbocycles. The number of urea groups is 1. The SMILES string of the molecule is COCCN1CCCN(c2ccc(Oc3ccc(CN4CCC(N(C(=O)Nc5ccc(C)nc5)c5cccc(F)c5)CC4)cn3)cc2)S1(O)O. The summed E-state index contributed by atoms with van der Waals surface area (Å²) in [5.74, 6) is 0.648. The first kappa shape index (κ1) is 35.5. The molecule has 50 heavy (non-hydrogen) atoms. The van der Waals surface area contributed by atoms with E-state index >= 15 is 0 Å². The number of hydrogen-bond acceptors (Lipinski definition) is 10. The number of amides is 2. The number of nitrogens with zero attached hydrogens (tertiary/aromatic N) is 6. The van der Waals surface area contributed by atoms with Gasteiger partial charge in [-0.2, -0.15) is 4.31 Å². The summed E-state index contributed by atoms with van der Waals surface area (Å²) in [5.41, 5.74) is 3.69. The van der Waals surface area contributed by atoms with E-state index in [9.17, 15) is 18.3 Å². The number of carbonyl (C=O) groups excluding carboxylic acids is 1. The van der Waals surface area contributed by atoms with Crippen LogP contribution in [0, 0.1) is 12.7 Å². The molecule has 0 bridgehead atoms. The summed E-state index contributed by atoms with van der Waals surface area (Å²) in [6.45, 7) is 6.10. The van der Waals surface area contributed by atoms with E-state index in [2.05, 4.69) is 20.2 Å². The van der Waals surface area contributed by atoms with Gasteiger partial charge in [-0.15, -0.1) is 0 Å². The van der Waals surface area contributed by atoms with Gasteiger partial charge in [-0.25, -0.2) is 14.2 Å². The lowest BCUT2D eigenvalue weighted by Crippen LogP contribution is -2.49. The first-order valence-electron chi connectivity index (χ1n) is 16.7. The average molecular weight is 706 g/mol. The van der Waals surface area contributed by atoms with Gasteiger partial charge in [0.15, 0.2) is 0 Å². The van der Waals surface area contributed by atoms with Crippen molar-refractivity contribution >= 4 is 34.1 Å². The number of halogens is 1. The van der Waals surface area contributed by atoms with E-state index in [0.717, 1.165) is 43.6 Å². The van der Waals surface area contributed by atoms with E-state index in [1.54, 1.807) is 63.3 Å². The lowest BCUT2D eigenvalue weighted by molar-refractivity contribution is 0.171. The Bertz CT molecular complexity index is 1710. The maximum atomic E-state index is 14.2. The topological polar surface area (TPSA) is 127 Å². The zero-order valence-electron chi connectivity index (χ0n) is 28.3. The summed E-state index contributed by atoms with van der Waals surface area (Å²) in [6.07, 6.45) is 5.67. The van der Waals surface area contributed by atoms with E-state index in [-0.39, 0.29) is 12.1 Å². The van der Waals surface area contributed by atoms with E-state index in [4.69, 9.17) is 9.47 Å². The summed E-state index contributed by atoms with van der Waals surface area (Å²) in [6, 6.07) is 20.4. The summed E-state index contributed by atoms with van der Waals surface area (Å²) in [7, 11) is -1.53. The zero-order chi connectivity index (χ0) is 35.1. The number of aromatic nitrogens is 2. The summed E-state index contributed by atoms with van der Waals surface area (Å²) >= 11 is 0. The summed E-state index contributed by atoms with van der Waals surface area (Å²) in [4.78, 5) is 26.3. The fourth-order valence-electron chi connectivity index (χ4n) is 6.28. The van der Waals surface area contributed by atoms with Gasteiger partial charge in [0.25, 0.3) is 0 Å². The summed E-state index contributed by atoms with van der Waals surface area (Å²) in [5, 5.41) is 2.93. The highest BCUT2D eigenvalue weighted by molar-refractivity contribution is 8.23. The standard InChI is InChI=1S/C36H44FN7O5S/c1-27-7-9-30(25-38-27)40-36(45)44(33-6-3-5-29(37)23-33)32-15-19-41(20-16-32)26-28-8-14-35(39-24-28)49-34-12-10-31(11-13-34)43-18-4-17-42(21-22-48-2)50(43,46)47/h3,5-14,23-25,32,46-47H,4,15-22,26H2,1-2H3,(H,40,45). The van der Waals surface area contributed by atoms with Crippen LogP contribution in [0.15, 0.2) is 85.2 Å². The maximum absolute atomic E-state index is 14.2. The molecule has 4 heterocycles. The number of methoxy groups -OCH3 is 1. The van der Waals surface area contributed by atoms with E-state index < -0.39 is 16.8 Å². The molecule has 4 aromatic rings. The number of pyridine rings is 2. The van der Waals surface area contributed by atoms with Crippen LogP contribution in [0.1, 0.15) is 30.5 Å². The van der Waals surface area contributed by atoms with Crippen molar-refractivity contribution in [1.29, 1.82) is 0 Å². The van der Waals surface area contributed by atoms with Gasteiger partial charge in [-0.05, 0) is 86.3 Å². The first-order chi connectivity index (χ1) is 24.2. The van der Waals surface area contributed by atoms with Crippen molar-refractivity contribution in [2.45, 2.75) is 38.8 Å². The number of likely N-dealkylation sites (tertiary alicyclic amines) is 1. The highest BCUT2D eigenvalue weighted by Crippen LogP contribution is 2.52. The molecule has 0 saturated carbocycles. The van der Waals surface area contributed by atoms with Gasteiger partial charge in [0.05, 0.1) is 24.2 Å². The zero-order valence-corrected chi connectivity index (χ0v) is 29.1. The molecular formula is C36H44FN7O5S. The predicted octanol–water partition coefficient (Wildman–Crippen LogP) is 7.16. The molecule has 0 spiro atoms. The van der Waals surface area contributed by atoms with Crippen molar-refractivity contribution in [2.75, 3.05) is 61.0 Å². The third-order valence-electron chi connectivity index (χ3n) is 8.90. The molecule has 0 unspecified atom stereocenters. The van der Waals surface area contributed by atoms with Gasteiger partial charge >= 0.3 is 6.03 Å². The Balaban J connectivity index is 1.03. The molecule has 2 fully saturated rings. The van der Waals surface area contributed by atoms with Crippen LogP contribution in [0.25, 0.3) is 0 Å². The van der Waals surface area contributed by atoms with Crippen molar-refractivity contribution in [3.63, 3.8) is 0 Å². The van der Waals surface area contributed by atoms with Crippen LogP contribution in [-0.4, -0.2) is 86.8 Å². The van der Waals surface area contributed by atoms with Gasteiger partial charge in [0, 0.05) is 76.1 Å². The number of piperidine rings is 1. The molecule has 12 nitrogen and oxygen atoms in total. The van der Waals surface area contributed by atoms with E-state index in [1.165, 1.54) is 12.1 Å². The van der Waals surface area contributed by atoms with Gasteiger partial charge in [0.1, 0.15) is 11.6 Å². The Kier molecular flexibility index (Phi) is 11.5. The largest absolute Gasteiger partial charge is 0.439 e. The Morgan fingerprint density at radius 1 is 1.00 bits per heavy atom. The van der Waals surface area contributed by atoms with Crippen LogP contribution in [-0.2, 0) is 11.3 Å². The van der Waals surface area contributed by atoms with Crippen LogP contribution in [0.2, 0.25) is 0 Å². The molecule has 2 aromatic carbocycles. The number of carbonyl (C=O) groups is 1. The lowest BCUT2D eigenvalue weighted by Gasteiger charge is -2.53. The predicted molar refractivity (Wildman–Crippen MR) is 194 cm³/mol. The van der Waals surface area contributed by atoms with Crippen molar-refractivity contribution in [3.8, 4) is 11.6 Å². The third-order valence-corrected chi connectivity index (χ3v) is 10.9. The fraction of sp³-hybridized carbons (Fsp3) is 0.361. The minimum atomic E-state index is -3.12. The van der Waals surface area contributed by atoms with Gasteiger partial charge in [-0.1, -0.05) is 23.1 Å². The van der Waals surface area contributed by atoms with Gasteiger partial charge < -0.3 is 14.8 Å². The van der Waals surface area contributed by atoms with E-state index in [1.807, 2.05) is 37.3 Å². The van der Waals surface area contributed by atoms with E-state index in [0.29, 0.717) is 61.5 Å². The molecule has 0 radical (unpaired) electrons. The molecule has 2 aliphatic rings. The second-order valence-electron chi connectivity index (χ2n) is 12.4. The second-order valence-corrected chi connectivity index (χ2v) is 14.4. The number of rotatable bonds is 11. The van der Waals surface area contributed by atoms with Crippen molar-refractivity contribution < 1.29 is 27.8 Å². The molecule has 3 N–H and O–H groups in total. The quantitative estimate of drug-likeness (QED) is 0.148. The maximum Gasteiger partial charge on any atom is 0.326 e. The smallest absolute Gasteiger partial charge is 0.326 e. The van der Waals surface area contributed by atoms with Crippen LogP contribution in [0.3, 0.4) is 0 Å². The second kappa shape index (κ2) is 16.1. The van der Waals surface area contributed by atoms with Crippen molar-refractivity contribution in [3.05, 3.63) is 102 Å². The third kappa shape index (κ3) is 8.70. The molecule has 2 amide bonds. The molecule has 2 saturated heterocycles. The monoisotopic (exact) mass is 705 g/mol. The molecule has 6 rings (SSSR count). The average Bonchev–Trinajstić information content (AvgIpc) is 3.11. The molecule has 14 heteroatoms. The van der Waals surface area contributed by atoms with Crippen LogP contribution in [0.5, 0.6) is 11.6 Å². The number of benzene rings is 2. The fourth-order valence-corrected chi connectivity index (χ4v) is 8.03. The van der Waals surface area contributed by atoms with Crippen molar-refractivity contribution in [1.82, 2.24) is 19.2 Å². The normalized spacial score (nSPS) is 17.7. The number of nitrogens with one attached hydrogen (secondary N) is 1. The molecule has 0 atom stereocenters. The first-order valence-corrected chi connectivity index (χ1v) is 18.2.